The van der Waals surface area contributed by atoms with E-state index in [2.05, 4.69) is 190 Å². The topological polar surface area (TPSA) is 38.7 Å². The summed E-state index contributed by atoms with van der Waals surface area (Å²) in [6.07, 6.45) is 0. The number of hydrogen-bond donors (Lipinski definition) is 0. The Balaban J connectivity index is 2.08. The van der Waals surface area contributed by atoms with Crippen LogP contribution in [0.5, 0.6) is 0 Å². The van der Waals surface area contributed by atoms with Gasteiger partial charge >= 0.3 is 0 Å². The van der Waals surface area contributed by atoms with E-state index in [-0.39, 0.29) is 0 Å². The van der Waals surface area contributed by atoms with Crippen LogP contribution in [0.15, 0.2) is 54.6 Å². The van der Waals surface area contributed by atoms with E-state index in [1.54, 1.807) is 0 Å². The number of rotatable bonds is 3. The second-order valence-electron chi connectivity index (χ2n) is 6.10. The standard InChI is InChI=1S/C21H9I6N3/c22-10-4-1-5-11(23)16(10)19-28-20(17-12(24)6-2-7-13(17)25)30-21(29-19)18-14(26)8-3-9-15(18)27/h1-9H. The second kappa shape index (κ2) is 10.5. The lowest BCUT2D eigenvalue weighted by Crippen LogP contribution is -2.05. The fourth-order valence-corrected chi connectivity index (χ4v) is 8.83. The average molecular weight is 1060 g/mol. The van der Waals surface area contributed by atoms with Gasteiger partial charge in [-0.25, -0.2) is 15.0 Å². The van der Waals surface area contributed by atoms with Crippen LogP contribution >= 0.6 is 136 Å². The first-order valence-corrected chi connectivity index (χ1v) is 14.9. The molecule has 3 nitrogen and oxygen atoms in total. The zero-order valence-electron chi connectivity index (χ0n) is 14.8. The van der Waals surface area contributed by atoms with Crippen molar-refractivity contribution in [3.63, 3.8) is 0 Å². The predicted octanol–water partition coefficient (Wildman–Crippen LogP) is 8.50. The van der Waals surface area contributed by atoms with Gasteiger partial charge in [0.1, 0.15) is 0 Å². The summed E-state index contributed by atoms with van der Waals surface area (Å²) in [6, 6.07) is 18.7. The summed E-state index contributed by atoms with van der Waals surface area (Å²) < 4.78 is 6.74. The van der Waals surface area contributed by atoms with Gasteiger partial charge in [0.05, 0.1) is 0 Å². The van der Waals surface area contributed by atoms with Crippen molar-refractivity contribution in [1.29, 1.82) is 0 Å². The minimum Gasteiger partial charge on any atom is -0.208 e. The molecule has 1 aromatic heterocycles. The molecule has 0 saturated heterocycles. The summed E-state index contributed by atoms with van der Waals surface area (Å²) >= 11 is 14.1. The summed E-state index contributed by atoms with van der Waals surface area (Å²) in [5.74, 6) is 2.11. The Hall–Kier alpha value is 1.05. The molecule has 0 atom stereocenters. The minimum absolute atomic E-state index is 0.704. The molecule has 0 saturated carbocycles. The predicted molar refractivity (Wildman–Crippen MR) is 172 cm³/mol. The van der Waals surface area contributed by atoms with E-state index in [0.29, 0.717) is 17.5 Å². The molecule has 4 rings (SSSR count). The fraction of sp³-hybridized carbons (Fsp3) is 0. The van der Waals surface area contributed by atoms with E-state index in [1.165, 1.54) is 0 Å². The first kappa shape index (κ1) is 24.2. The van der Waals surface area contributed by atoms with Gasteiger partial charge < -0.3 is 0 Å². The minimum atomic E-state index is 0.704. The molecule has 0 amide bonds. The van der Waals surface area contributed by atoms with Crippen LogP contribution < -0.4 is 0 Å². The summed E-state index contributed by atoms with van der Waals surface area (Å²) in [5.41, 5.74) is 3.14. The lowest BCUT2D eigenvalue weighted by molar-refractivity contribution is 1.06. The molecule has 3 aromatic carbocycles. The molecule has 30 heavy (non-hydrogen) atoms. The van der Waals surface area contributed by atoms with Crippen LogP contribution in [0.25, 0.3) is 34.2 Å². The first-order chi connectivity index (χ1) is 14.4. The molecule has 4 aromatic rings. The highest BCUT2D eigenvalue weighted by Gasteiger charge is 2.20. The molecule has 0 aliphatic rings. The maximum absolute atomic E-state index is 4.96. The summed E-state index contributed by atoms with van der Waals surface area (Å²) in [6.45, 7) is 0. The Labute approximate surface area is 256 Å². The highest BCUT2D eigenvalue weighted by molar-refractivity contribution is 14.1. The fourth-order valence-electron chi connectivity index (χ4n) is 2.85. The molecule has 0 aliphatic carbocycles. The number of hydrogen-bond acceptors (Lipinski definition) is 3. The van der Waals surface area contributed by atoms with Crippen molar-refractivity contribution in [2.45, 2.75) is 0 Å². The van der Waals surface area contributed by atoms with Crippen molar-refractivity contribution in [1.82, 2.24) is 15.0 Å². The van der Waals surface area contributed by atoms with Crippen molar-refractivity contribution in [3.05, 3.63) is 76.0 Å². The van der Waals surface area contributed by atoms with Gasteiger partial charge in [-0.2, -0.15) is 0 Å². The summed E-state index contributed by atoms with van der Waals surface area (Å²) in [5, 5.41) is 0. The van der Waals surface area contributed by atoms with Gasteiger partial charge in [0, 0.05) is 38.1 Å². The van der Waals surface area contributed by atoms with Gasteiger partial charge in [-0.05, 0) is 172 Å². The Bertz CT molecular complexity index is 1050. The molecule has 0 bridgehead atoms. The molecule has 1 heterocycles. The Kier molecular flexibility index (Phi) is 8.50. The van der Waals surface area contributed by atoms with Crippen molar-refractivity contribution in [2.24, 2.45) is 0 Å². The van der Waals surface area contributed by atoms with Crippen LogP contribution in [0.2, 0.25) is 0 Å². The summed E-state index contributed by atoms with van der Waals surface area (Å²) in [7, 11) is 0. The zero-order valence-corrected chi connectivity index (χ0v) is 27.8. The zero-order chi connectivity index (χ0) is 21.4. The lowest BCUT2D eigenvalue weighted by Gasteiger charge is -2.13. The Morgan fingerprint density at radius 3 is 0.767 bits per heavy atom. The molecule has 0 fully saturated rings. The first-order valence-electron chi connectivity index (χ1n) is 8.46. The van der Waals surface area contributed by atoms with Gasteiger partial charge in [-0.15, -0.1) is 0 Å². The highest BCUT2D eigenvalue weighted by Crippen LogP contribution is 2.35. The van der Waals surface area contributed by atoms with Crippen LogP contribution in [-0.2, 0) is 0 Å². The van der Waals surface area contributed by atoms with Gasteiger partial charge in [-0.1, -0.05) is 18.2 Å². The van der Waals surface area contributed by atoms with Crippen LogP contribution in [0, 0.1) is 21.4 Å². The molecule has 150 valence electrons. The van der Waals surface area contributed by atoms with Crippen molar-refractivity contribution in [2.75, 3.05) is 0 Å². The van der Waals surface area contributed by atoms with Gasteiger partial charge in [0.2, 0.25) is 0 Å². The molecular weight excluding hydrogens is 1060 g/mol. The maximum Gasteiger partial charge on any atom is 0.166 e. The van der Waals surface area contributed by atoms with Crippen molar-refractivity contribution in [3.8, 4) is 34.2 Å². The van der Waals surface area contributed by atoms with E-state index in [4.69, 9.17) is 15.0 Å². The average Bonchev–Trinajstić information content (AvgIpc) is 2.67. The van der Waals surface area contributed by atoms with Crippen molar-refractivity contribution >= 4 is 136 Å². The van der Waals surface area contributed by atoms with Gasteiger partial charge in [-0.3, -0.25) is 0 Å². The molecule has 0 unspecified atom stereocenters. The van der Waals surface area contributed by atoms with Crippen LogP contribution in [0.3, 0.4) is 0 Å². The van der Waals surface area contributed by atoms with E-state index >= 15 is 0 Å². The van der Waals surface area contributed by atoms with E-state index < -0.39 is 0 Å². The smallest absolute Gasteiger partial charge is 0.166 e. The van der Waals surface area contributed by atoms with Crippen molar-refractivity contribution < 1.29 is 0 Å². The van der Waals surface area contributed by atoms with E-state index in [0.717, 1.165) is 38.1 Å². The third-order valence-electron chi connectivity index (χ3n) is 4.19. The largest absolute Gasteiger partial charge is 0.208 e. The SMILES string of the molecule is Ic1cccc(I)c1-c1nc(-c2c(I)cccc2I)nc(-c2c(I)cccc2I)n1. The van der Waals surface area contributed by atoms with Crippen LogP contribution in [0.4, 0.5) is 0 Å². The molecule has 0 spiro atoms. The van der Waals surface area contributed by atoms with E-state index in [9.17, 15) is 0 Å². The Morgan fingerprint density at radius 2 is 0.567 bits per heavy atom. The maximum atomic E-state index is 4.96. The highest BCUT2D eigenvalue weighted by atomic mass is 127. The third kappa shape index (κ3) is 5.08. The number of aromatic nitrogens is 3. The normalized spacial score (nSPS) is 11.0. The van der Waals surface area contributed by atoms with Gasteiger partial charge in [0.25, 0.3) is 0 Å². The Morgan fingerprint density at radius 1 is 0.367 bits per heavy atom. The molecular formula is C21H9I6N3. The quantitative estimate of drug-likeness (QED) is 0.194. The monoisotopic (exact) mass is 1060 g/mol. The second-order valence-corrected chi connectivity index (χ2v) is 13.1. The van der Waals surface area contributed by atoms with E-state index in [1.807, 2.05) is 0 Å². The molecule has 0 radical (unpaired) electrons. The summed E-state index contributed by atoms with van der Waals surface area (Å²) in [4.78, 5) is 14.9. The molecule has 0 N–H and O–H groups in total. The number of halogens is 6. The molecule has 9 heteroatoms. The van der Waals surface area contributed by atoms with Gasteiger partial charge in [0.15, 0.2) is 17.5 Å². The van der Waals surface area contributed by atoms with Crippen LogP contribution in [0.1, 0.15) is 0 Å². The number of benzene rings is 3. The number of nitrogens with zero attached hydrogens (tertiary/aromatic N) is 3. The lowest BCUT2D eigenvalue weighted by atomic mass is 10.1. The third-order valence-corrected chi connectivity index (χ3v) is 9.59. The van der Waals surface area contributed by atoms with Crippen LogP contribution in [-0.4, -0.2) is 15.0 Å². The molecule has 0 aliphatic heterocycles.